The molecule has 1 aromatic heterocycles. The maximum Gasteiger partial charge on any atom is 0.315 e. The van der Waals surface area contributed by atoms with Crippen LogP contribution in [0.15, 0.2) is 66.9 Å². The molecular weight excluding hydrogens is 373 g/mol. The molecule has 1 heterocycles. The fourth-order valence-electron chi connectivity index (χ4n) is 2.62. The van der Waals surface area contributed by atoms with Crippen molar-refractivity contribution in [3.05, 3.63) is 83.8 Å². The lowest BCUT2D eigenvalue weighted by atomic mass is 10.1. The van der Waals surface area contributed by atoms with Crippen molar-refractivity contribution in [3.63, 3.8) is 0 Å². The zero-order valence-electron chi connectivity index (χ0n) is 16.0. The van der Waals surface area contributed by atoms with Crippen LogP contribution in [0, 0.1) is 5.82 Å². The van der Waals surface area contributed by atoms with Crippen LogP contribution in [0.3, 0.4) is 0 Å². The fourth-order valence-corrected chi connectivity index (χ4v) is 2.62. The number of aromatic nitrogens is 1. The number of pyridine rings is 1. The second-order valence-electron chi connectivity index (χ2n) is 6.24. The van der Waals surface area contributed by atoms with Gasteiger partial charge in [-0.2, -0.15) is 0 Å². The smallest absolute Gasteiger partial charge is 0.315 e. The standard InChI is InChI=1S/C22H22FN3O3/c1-28-18-6-4-7-19(13-18)29-21-10-9-16(14-25-21)15-26-22(27)24-12-11-17-5-2-3-8-20(17)23/h2-10,13-14H,11-12,15H2,1H3,(H2,24,26,27). The summed E-state index contributed by atoms with van der Waals surface area (Å²) in [6.07, 6.45) is 2.06. The first-order valence-electron chi connectivity index (χ1n) is 9.16. The molecule has 0 aliphatic heterocycles. The molecular formula is C22H22FN3O3. The Kier molecular flexibility index (Phi) is 7.00. The molecule has 0 unspecified atom stereocenters. The predicted molar refractivity (Wildman–Crippen MR) is 108 cm³/mol. The Morgan fingerprint density at radius 3 is 2.62 bits per heavy atom. The minimum absolute atomic E-state index is 0.267. The summed E-state index contributed by atoms with van der Waals surface area (Å²) in [6, 6.07) is 17.0. The molecule has 3 rings (SSSR count). The molecule has 7 heteroatoms. The number of ether oxygens (including phenoxy) is 2. The highest BCUT2D eigenvalue weighted by molar-refractivity contribution is 5.73. The molecule has 0 bridgehead atoms. The van der Waals surface area contributed by atoms with Gasteiger partial charge in [0.1, 0.15) is 17.3 Å². The van der Waals surface area contributed by atoms with Gasteiger partial charge in [-0.15, -0.1) is 0 Å². The topological polar surface area (TPSA) is 72.5 Å². The fraction of sp³-hybridized carbons (Fsp3) is 0.182. The number of halogens is 1. The number of nitrogens with zero attached hydrogens (tertiary/aromatic N) is 1. The van der Waals surface area contributed by atoms with E-state index in [1.165, 1.54) is 6.07 Å². The molecule has 29 heavy (non-hydrogen) atoms. The number of methoxy groups -OCH3 is 1. The van der Waals surface area contributed by atoms with Gasteiger partial charge >= 0.3 is 6.03 Å². The Hall–Kier alpha value is -3.61. The third kappa shape index (κ3) is 6.21. The minimum Gasteiger partial charge on any atom is -0.497 e. The number of rotatable bonds is 8. The Morgan fingerprint density at radius 1 is 1.03 bits per heavy atom. The molecule has 0 saturated heterocycles. The largest absolute Gasteiger partial charge is 0.497 e. The summed E-state index contributed by atoms with van der Waals surface area (Å²) in [5.74, 6) is 1.50. The number of urea groups is 1. The molecule has 2 N–H and O–H groups in total. The minimum atomic E-state index is -0.321. The van der Waals surface area contributed by atoms with Crippen LogP contribution in [0.2, 0.25) is 0 Å². The summed E-state index contributed by atoms with van der Waals surface area (Å²) in [5.41, 5.74) is 1.40. The molecule has 2 aromatic carbocycles. The molecule has 150 valence electrons. The number of benzene rings is 2. The van der Waals surface area contributed by atoms with E-state index in [-0.39, 0.29) is 11.8 Å². The Bertz CT molecular complexity index is 948. The second kappa shape index (κ2) is 10.1. The maximum atomic E-state index is 13.5. The van der Waals surface area contributed by atoms with E-state index in [0.29, 0.717) is 42.5 Å². The lowest BCUT2D eigenvalue weighted by molar-refractivity contribution is 0.240. The highest BCUT2D eigenvalue weighted by Crippen LogP contribution is 2.23. The summed E-state index contributed by atoms with van der Waals surface area (Å²) in [6.45, 7) is 0.663. The molecule has 0 radical (unpaired) electrons. The van der Waals surface area contributed by atoms with E-state index in [1.807, 2.05) is 24.3 Å². The predicted octanol–water partition coefficient (Wildman–Crippen LogP) is 4.06. The molecule has 2 amide bonds. The number of nitrogens with one attached hydrogen (secondary N) is 2. The van der Waals surface area contributed by atoms with Crippen molar-refractivity contribution in [1.29, 1.82) is 0 Å². The second-order valence-corrected chi connectivity index (χ2v) is 6.24. The van der Waals surface area contributed by atoms with Crippen molar-refractivity contribution in [3.8, 4) is 17.4 Å². The van der Waals surface area contributed by atoms with E-state index >= 15 is 0 Å². The van der Waals surface area contributed by atoms with Crippen LogP contribution < -0.4 is 20.1 Å². The molecule has 0 atom stereocenters. The van der Waals surface area contributed by atoms with Gasteiger partial charge in [0, 0.05) is 31.4 Å². The quantitative estimate of drug-likeness (QED) is 0.603. The first-order valence-corrected chi connectivity index (χ1v) is 9.16. The van der Waals surface area contributed by atoms with Crippen molar-refractivity contribution >= 4 is 6.03 Å². The zero-order valence-corrected chi connectivity index (χ0v) is 16.0. The van der Waals surface area contributed by atoms with Crippen LogP contribution in [-0.2, 0) is 13.0 Å². The molecule has 0 spiro atoms. The Balaban J connectivity index is 1.42. The highest BCUT2D eigenvalue weighted by Gasteiger charge is 2.05. The van der Waals surface area contributed by atoms with Gasteiger partial charge in [-0.3, -0.25) is 0 Å². The Labute approximate surface area is 168 Å². The van der Waals surface area contributed by atoms with Crippen molar-refractivity contribution in [2.75, 3.05) is 13.7 Å². The number of carbonyl (C=O) groups is 1. The Morgan fingerprint density at radius 2 is 1.86 bits per heavy atom. The van der Waals surface area contributed by atoms with Crippen LogP contribution in [0.1, 0.15) is 11.1 Å². The van der Waals surface area contributed by atoms with E-state index in [1.54, 1.807) is 43.6 Å². The SMILES string of the molecule is COc1cccc(Oc2ccc(CNC(=O)NCCc3ccccc3F)cn2)c1. The summed E-state index contributed by atoms with van der Waals surface area (Å²) in [5, 5.41) is 5.45. The van der Waals surface area contributed by atoms with Crippen molar-refractivity contribution in [2.45, 2.75) is 13.0 Å². The van der Waals surface area contributed by atoms with Gasteiger partial charge in [0.25, 0.3) is 0 Å². The number of hydrogen-bond donors (Lipinski definition) is 2. The van der Waals surface area contributed by atoms with E-state index < -0.39 is 0 Å². The molecule has 0 aliphatic carbocycles. The van der Waals surface area contributed by atoms with Gasteiger partial charge in [0.2, 0.25) is 5.88 Å². The van der Waals surface area contributed by atoms with E-state index in [9.17, 15) is 9.18 Å². The van der Waals surface area contributed by atoms with Crippen molar-refractivity contribution in [2.24, 2.45) is 0 Å². The van der Waals surface area contributed by atoms with Crippen LogP contribution in [0.5, 0.6) is 17.4 Å². The lowest BCUT2D eigenvalue weighted by Crippen LogP contribution is -2.36. The summed E-state index contributed by atoms with van der Waals surface area (Å²) in [7, 11) is 1.59. The normalized spacial score (nSPS) is 10.3. The van der Waals surface area contributed by atoms with E-state index in [4.69, 9.17) is 9.47 Å². The summed E-state index contributed by atoms with van der Waals surface area (Å²) >= 11 is 0. The van der Waals surface area contributed by atoms with Crippen LogP contribution >= 0.6 is 0 Å². The number of amides is 2. The third-order valence-corrected chi connectivity index (χ3v) is 4.15. The van der Waals surface area contributed by atoms with Crippen LogP contribution in [-0.4, -0.2) is 24.7 Å². The van der Waals surface area contributed by atoms with E-state index in [0.717, 1.165) is 5.56 Å². The highest BCUT2D eigenvalue weighted by atomic mass is 19.1. The van der Waals surface area contributed by atoms with E-state index in [2.05, 4.69) is 15.6 Å². The average molecular weight is 395 g/mol. The number of carbonyl (C=O) groups excluding carboxylic acids is 1. The first-order chi connectivity index (χ1) is 14.1. The van der Waals surface area contributed by atoms with Crippen molar-refractivity contribution in [1.82, 2.24) is 15.6 Å². The van der Waals surface area contributed by atoms with Crippen LogP contribution in [0.25, 0.3) is 0 Å². The molecule has 0 saturated carbocycles. The van der Waals surface area contributed by atoms with Gasteiger partial charge in [-0.05, 0) is 35.7 Å². The van der Waals surface area contributed by atoms with Gasteiger partial charge in [-0.25, -0.2) is 14.2 Å². The lowest BCUT2D eigenvalue weighted by Gasteiger charge is -2.09. The van der Waals surface area contributed by atoms with Gasteiger partial charge < -0.3 is 20.1 Å². The maximum absolute atomic E-state index is 13.5. The van der Waals surface area contributed by atoms with Gasteiger partial charge in [0.05, 0.1) is 7.11 Å². The monoisotopic (exact) mass is 395 g/mol. The molecule has 0 aliphatic rings. The summed E-state index contributed by atoms with van der Waals surface area (Å²) < 4.78 is 24.4. The molecule has 6 nitrogen and oxygen atoms in total. The zero-order chi connectivity index (χ0) is 20.5. The average Bonchev–Trinajstić information content (AvgIpc) is 2.75. The molecule has 0 fully saturated rings. The van der Waals surface area contributed by atoms with Gasteiger partial charge in [0.15, 0.2) is 0 Å². The first kappa shape index (κ1) is 20.1. The van der Waals surface area contributed by atoms with Crippen molar-refractivity contribution < 1.29 is 18.7 Å². The van der Waals surface area contributed by atoms with Gasteiger partial charge in [-0.1, -0.05) is 30.3 Å². The van der Waals surface area contributed by atoms with Crippen LogP contribution in [0.4, 0.5) is 9.18 Å². The number of hydrogen-bond acceptors (Lipinski definition) is 4. The summed E-state index contributed by atoms with van der Waals surface area (Å²) in [4.78, 5) is 16.1. The molecule has 3 aromatic rings. The third-order valence-electron chi connectivity index (χ3n) is 4.15.